The van der Waals surface area contributed by atoms with Crippen molar-refractivity contribution in [3.63, 3.8) is 0 Å². The summed E-state index contributed by atoms with van der Waals surface area (Å²) < 4.78 is 65.2. The predicted octanol–water partition coefficient (Wildman–Crippen LogP) is 7.30. The third kappa shape index (κ3) is 15.8. The van der Waals surface area contributed by atoms with Crippen molar-refractivity contribution in [3.8, 4) is 0 Å². The number of halogens is 5. The monoisotopic (exact) mass is 892 g/mol. The van der Waals surface area contributed by atoms with Gasteiger partial charge in [0.2, 0.25) is 23.6 Å². The molecular weight excluding hydrogens is 832 g/mol. The fourth-order valence-corrected chi connectivity index (χ4v) is 7.68. The standard InChI is InChI=1S/C24H30FN3O2.C22H23F4N3O2.C3H8/c1-16(2)27-24(30)22-13-18-8-4-5-9-19(18)15-28(22)23(29)14-21(26)12-17-7-3-6-10-20(25)11-17;23-18-8-4-3-6-15(18)9-17(27)11-20(30)29-12-16-7-2-1-5-14(16)10-19(29)21(31)28-13-22(24,25)26;1-3-2/h3-11,16-17,21-22H,12-15,26H2,1-2H3,(H,27,30);1-8,17,19H,9-13,27H2,(H,28,31);3H2,1-2H3/t17?,21?,22-;17?,19-;/m00./s1. The maximum absolute atomic E-state index is 13.9. The highest BCUT2D eigenvalue weighted by atomic mass is 19.4. The van der Waals surface area contributed by atoms with Gasteiger partial charge in [0, 0.05) is 56.9 Å². The molecule has 2 heterocycles. The molecule has 0 bridgehead atoms. The van der Waals surface area contributed by atoms with Gasteiger partial charge in [-0.25, -0.2) is 8.78 Å². The summed E-state index contributed by atoms with van der Waals surface area (Å²) in [5.41, 5.74) is 16.4. The van der Waals surface area contributed by atoms with E-state index < -0.39 is 54.5 Å². The van der Waals surface area contributed by atoms with Gasteiger partial charge >= 0.3 is 6.18 Å². The second-order valence-corrected chi connectivity index (χ2v) is 16.6. The Morgan fingerprint density at radius 3 is 1.77 bits per heavy atom. The number of alkyl halides is 3. The van der Waals surface area contributed by atoms with Crippen LogP contribution in [0.1, 0.15) is 81.2 Å². The zero-order valence-electron chi connectivity index (χ0n) is 36.9. The Kier molecular flexibility index (Phi) is 19.4. The number of hydrogen-bond acceptors (Lipinski definition) is 6. The highest BCUT2D eigenvalue weighted by Crippen LogP contribution is 2.27. The lowest BCUT2D eigenvalue weighted by Crippen LogP contribution is -2.54. The molecule has 6 N–H and O–H groups in total. The van der Waals surface area contributed by atoms with E-state index in [1.54, 1.807) is 59.5 Å². The molecule has 2 aliphatic heterocycles. The van der Waals surface area contributed by atoms with Gasteiger partial charge in [0.05, 0.1) is 0 Å². The molecule has 0 fully saturated rings. The molecule has 0 saturated carbocycles. The van der Waals surface area contributed by atoms with Crippen LogP contribution in [0.5, 0.6) is 0 Å². The van der Waals surface area contributed by atoms with E-state index in [2.05, 4.69) is 19.2 Å². The van der Waals surface area contributed by atoms with Gasteiger partial charge in [-0.15, -0.1) is 0 Å². The van der Waals surface area contributed by atoms with Gasteiger partial charge in [-0.1, -0.05) is 105 Å². The highest BCUT2D eigenvalue weighted by molar-refractivity contribution is 5.89. The van der Waals surface area contributed by atoms with Crippen molar-refractivity contribution >= 4 is 23.6 Å². The number of allylic oxidation sites excluding steroid dienone is 6. The minimum absolute atomic E-state index is 0.00815. The van der Waals surface area contributed by atoms with Crippen LogP contribution in [0.4, 0.5) is 22.0 Å². The molecule has 15 heteroatoms. The Balaban J connectivity index is 0.000000265. The predicted molar refractivity (Wildman–Crippen MR) is 238 cm³/mol. The fraction of sp³-hybridized carbons (Fsp3) is 0.429. The second-order valence-electron chi connectivity index (χ2n) is 16.6. The average Bonchev–Trinajstić information content (AvgIpc) is 3.45. The van der Waals surface area contributed by atoms with Gasteiger partial charge in [-0.3, -0.25) is 19.2 Å². The number of amides is 4. The summed E-state index contributed by atoms with van der Waals surface area (Å²) in [5, 5.41) is 4.80. The fourth-order valence-electron chi connectivity index (χ4n) is 7.68. The molecular formula is C49H61F5N6O4. The lowest BCUT2D eigenvalue weighted by atomic mass is 9.92. The van der Waals surface area contributed by atoms with E-state index in [0.717, 1.165) is 22.3 Å². The van der Waals surface area contributed by atoms with Gasteiger partial charge in [0.15, 0.2) is 0 Å². The molecule has 64 heavy (non-hydrogen) atoms. The van der Waals surface area contributed by atoms with E-state index >= 15 is 0 Å². The topological polar surface area (TPSA) is 151 Å². The van der Waals surface area contributed by atoms with E-state index in [-0.39, 0.29) is 61.8 Å². The molecule has 0 saturated heterocycles. The van der Waals surface area contributed by atoms with Crippen molar-refractivity contribution in [1.29, 1.82) is 0 Å². The third-order valence-electron chi connectivity index (χ3n) is 10.6. The van der Waals surface area contributed by atoms with Gasteiger partial charge in [0.25, 0.3) is 0 Å². The molecule has 3 aromatic rings. The smallest absolute Gasteiger partial charge is 0.352 e. The van der Waals surface area contributed by atoms with E-state index in [9.17, 15) is 41.1 Å². The van der Waals surface area contributed by atoms with Crippen LogP contribution in [0.25, 0.3) is 0 Å². The summed E-state index contributed by atoms with van der Waals surface area (Å²) in [6.07, 6.45) is 6.04. The van der Waals surface area contributed by atoms with E-state index in [4.69, 9.17) is 11.5 Å². The third-order valence-corrected chi connectivity index (χ3v) is 10.6. The Morgan fingerprint density at radius 1 is 0.734 bits per heavy atom. The van der Waals surface area contributed by atoms with E-state index in [1.807, 2.05) is 49.5 Å². The summed E-state index contributed by atoms with van der Waals surface area (Å²) in [7, 11) is 0. The van der Waals surface area contributed by atoms with Crippen LogP contribution < -0.4 is 22.1 Å². The van der Waals surface area contributed by atoms with Crippen LogP contribution in [0.15, 0.2) is 109 Å². The van der Waals surface area contributed by atoms with Gasteiger partial charge in [0.1, 0.15) is 30.3 Å². The van der Waals surface area contributed by atoms with E-state index in [0.29, 0.717) is 24.9 Å². The molecule has 346 valence electrons. The second kappa shape index (κ2) is 24.4. The van der Waals surface area contributed by atoms with Crippen molar-refractivity contribution in [3.05, 3.63) is 143 Å². The van der Waals surface area contributed by atoms with Crippen molar-refractivity contribution in [2.45, 2.75) is 122 Å². The van der Waals surface area contributed by atoms with Crippen LogP contribution in [-0.4, -0.2) is 76.4 Å². The molecule has 3 aliphatic rings. The number of carbonyl (C=O) groups excluding carboxylic acids is 4. The summed E-state index contributed by atoms with van der Waals surface area (Å²) >= 11 is 0. The van der Waals surface area contributed by atoms with Crippen LogP contribution >= 0.6 is 0 Å². The number of nitrogens with one attached hydrogen (secondary N) is 2. The Morgan fingerprint density at radius 2 is 1.23 bits per heavy atom. The number of fused-ring (bicyclic) bond motifs is 2. The number of carbonyl (C=O) groups is 4. The molecule has 3 unspecified atom stereocenters. The first-order chi connectivity index (χ1) is 30.4. The normalized spacial score (nSPS) is 18.7. The molecule has 0 spiro atoms. The largest absolute Gasteiger partial charge is 0.405 e. The molecule has 10 nitrogen and oxygen atoms in total. The number of hydrogen-bond donors (Lipinski definition) is 4. The number of nitrogens with two attached hydrogens (primary N) is 2. The molecule has 5 atom stereocenters. The Hall–Kier alpha value is -5.67. The molecule has 0 aromatic heterocycles. The number of rotatable bonds is 12. The first kappa shape index (κ1) is 51.0. The van der Waals surface area contributed by atoms with Crippen LogP contribution in [-0.2, 0) is 51.5 Å². The molecule has 6 rings (SSSR count). The molecule has 1 aliphatic carbocycles. The number of nitrogens with zero attached hydrogens (tertiary/aromatic N) is 2. The lowest BCUT2D eigenvalue weighted by molar-refractivity contribution is -0.147. The van der Waals surface area contributed by atoms with Crippen molar-refractivity contribution in [2.24, 2.45) is 17.4 Å². The first-order valence-electron chi connectivity index (χ1n) is 21.7. The minimum Gasteiger partial charge on any atom is -0.352 e. The van der Waals surface area contributed by atoms with Crippen molar-refractivity contribution in [2.75, 3.05) is 6.54 Å². The van der Waals surface area contributed by atoms with Gasteiger partial charge in [-0.2, -0.15) is 13.2 Å². The molecule has 0 radical (unpaired) electrons. The molecule has 3 aromatic carbocycles. The van der Waals surface area contributed by atoms with Crippen molar-refractivity contribution < 1.29 is 41.1 Å². The Labute approximate surface area is 373 Å². The maximum atomic E-state index is 13.9. The molecule has 4 amide bonds. The van der Waals surface area contributed by atoms with Crippen LogP contribution in [0, 0.1) is 11.7 Å². The Bertz CT molecular complexity index is 2140. The first-order valence-corrected chi connectivity index (χ1v) is 21.7. The summed E-state index contributed by atoms with van der Waals surface area (Å²) in [6, 6.07) is 18.3. The minimum atomic E-state index is -4.56. The zero-order chi connectivity index (χ0) is 47.0. The van der Waals surface area contributed by atoms with Gasteiger partial charge < -0.3 is 31.9 Å². The zero-order valence-corrected chi connectivity index (χ0v) is 36.9. The summed E-state index contributed by atoms with van der Waals surface area (Å²) in [6.45, 7) is 7.06. The lowest BCUT2D eigenvalue weighted by Gasteiger charge is -2.37. The number of benzene rings is 3. The van der Waals surface area contributed by atoms with Crippen molar-refractivity contribution in [1.82, 2.24) is 20.4 Å². The van der Waals surface area contributed by atoms with Crippen LogP contribution in [0.2, 0.25) is 0 Å². The maximum Gasteiger partial charge on any atom is 0.405 e. The summed E-state index contributed by atoms with van der Waals surface area (Å²) in [4.78, 5) is 54.3. The van der Waals surface area contributed by atoms with Gasteiger partial charge in [-0.05, 0) is 78.6 Å². The van der Waals surface area contributed by atoms with Crippen LogP contribution in [0.3, 0.4) is 0 Å². The van der Waals surface area contributed by atoms with E-state index in [1.165, 1.54) is 29.5 Å². The summed E-state index contributed by atoms with van der Waals surface area (Å²) in [5.74, 6) is -2.54. The SMILES string of the molecule is CC(C)NC(=O)[C@@H]1Cc2ccccc2CN1C(=O)CC(N)CC1C=CC=CC(F)=C1.CCC.NC(CC(=O)N1Cc2ccccc2C[C@H]1C(=O)NCC(F)(F)F)Cc1ccccc1F. The quantitative estimate of drug-likeness (QED) is 0.140. The highest BCUT2D eigenvalue weighted by Gasteiger charge is 2.38. The average molecular weight is 893 g/mol.